The Balaban J connectivity index is 1.13. The minimum absolute atomic E-state index is 0.295. The molecule has 4 aromatic carbocycles. The summed E-state index contributed by atoms with van der Waals surface area (Å²) >= 11 is 0. The molecule has 0 radical (unpaired) electrons. The van der Waals surface area contributed by atoms with Gasteiger partial charge in [-0.05, 0) is 59.7 Å². The summed E-state index contributed by atoms with van der Waals surface area (Å²) in [6.07, 6.45) is 1.59. The molecular weight excluding hydrogens is 554 g/mol. The summed E-state index contributed by atoms with van der Waals surface area (Å²) in [5.74, 6) is 0.0138. The van der Waals surface area contributed by atoms with Crippen molar-refractivity contribution in [2.45, 2.75) is 19.1 Å². The van der Waals surface area contributed by atoms with Crippen LogP contribution in [0.15, 0.2) is 126 Å². The van der Waals surface area contributed by atoms with E-state index >= 15 is 0 Å². The third kappa shape index (κ3) is 7.17. The molecule has 0 fully saturated rings. The fourth-order valence-corrected chi connectivity index (χ4v) is 4.80. The average molecular weight is 584 g/mol. The first kappa shape index (κ1) is 28.4. The summed E-state index contributed by atoms with van der Waals surface area (Å²) in [6, 6.07) is 39.3. The number of aromatic nitrogens is 2. The maximum atomic E-state index is 10.9. The highest BCUT2D eigenvalue weighted by molar-refractivity contribution is 5.79. The normalized spacial score (nSPS) is 11.3. The number of aliphatic carboxylic acids is 1. The Morgan fingerprint density at radius 2 is 1.14 bits per heavy atom. The predicted molar refractivity (Wildman–Crippen MR) is 169 cm³/mol. The highest BCUT2D eigenvalue weighted by Gasteiger charge is 2.14. The van der Waals surface area contributed by atoms with E-state index in [2.05, 4.69) is 15.1 Å². The van der Waals surface area contributed by atoms with Crippen LogP contribution in [0.4, 0.5) is 0 Å². The van der Waals surface area contributed by atoms with Gasteiger partial charge in [-0.15, -0.1) is 0 Å². The molecule has 0 amide bonds. The molecular formula is C36H29N3O5. The van der Waals surface area contributed by atoms with E-state index in [1.54, 1.807) is 6.21 Å². The van der Waals surface area contributed by atoms with Crippen molar-refractivity contribution in [3.05, 3.63) is 144 Å². The van der Waals surface area contributed by atoms with Gasteiger partial charge in [0.1, 0.15) is 24.7 Å². The first-order chi connectivity index (χ1) is 21.6. The van der Waals surface area contributed by atoms with Crippen molar-refractivity contribution in [2.75, 3.05) is 6.61 Å². The average Bonchev–Trinajstić information content (AvgIpc) is 3.07. The zero-order valence-corrected chi connectivity index (χ0v) is 23.7. The second-order valence-corrected chi connectivity index (χ2v) is 10.1. The van der Waals surface area contributed by atoms with Gasteiger partial charge in [-0.1, -0.05) is 78.0 Å². The lowest BCUT2D eigenvalue weighted by Crippen LogP contribution is -2.07. The van der Waals surface area contributed by atoms with Crippen molar-refractivity contribution in [3.63, 3.8) is 0 Å². The summed E-state index contributed by atoms with van der Waals surface area (Å²) in [7, 11) is 0. The molecule has 0 saturated heterocycles. The van der Waals surface area contributed by atoms with E-state index in [0.717, 1.165) is 44.3 Å². The molecule has 0 bridgehead atoms. The standard InChI is InChI=1S/C36H29N3O5/c40-36(41)24-44-37-21-33(25-11-17-31(18-12-25)42-22-29-15-9-27-5-1-3-7-34(27)38-29)26-13-19-32(20-14-26)43-23-30-16-10-28-6-2-4-8-35(28)39-30/h1-21,33H,22-24H2,(H,40,41)/b37-21+. The van der Waals surface area contributed by atoms with Gasteiger partial charge in [0.2, 0.25) is 6.61 Å². The molecule has 0 atom stereocenters. The monoisotopic (exact) mass is 583 g/mol. The Labute approximate surface area is 254 Å². The first-order valence-electron chi connectivity index (χ1n) is 14.1. The number of rotatable bonds is 12. The Hall–Kier alpha value is -5.76. The van der Waals surface area contributed by atoms with Crippen LogP contribution in [-0.2, 0) is 22.8 Å². The number of nitrogens with zero attached hydrogens (tertiary/aromatic N) is 3. The summed E-state index contributed by atoms with van der Waals surface area (Å²) in [5.41, 5.74) is 5.39. The van der Waals surface area contributed by atoms with Gasteiger partial charge in [-0.2, -0.15) is 0 Å². The molecule has 218 valence electrons. The fourth-order valence-electron chi connectivity index (χ4n) is 4.80. The van der Waals surface area contributed by atoms with Crippen LogP contribution in [0.2, 0.25) is 0 Å². The number of carboxylic acid groups (broad SMARTS) is 1. The van der Waals surface area contributed by atoms with E-state index in [1.807, 2.05) is 121 Å². The Morgan fingerprint density at radius 3 is 1.61 bits per heavy atom. The van der Waals surface area contributed by atoms with Crippen molar-refractivity contribution < 1.29 is 24.2 Å². The Morgan fingerprint density at radius 1 is 0.659 bits per heavy atom. The number of para-hydroxylation sites is 2. The Bertz CT molecular complexity index is 1780. The number of ether oxygens (including phenoxy) is 2. The molecule has 1 N–H and O–H groups in total. The second kappa shape index (κ2) is 13.5. The first-order valence-corrected chi connectivity index (χ1v) is 14.1. The van der Waals surface area contributed by atoms with E-state index < -0.39 is 12.6 Å². The van der Waals surface area contributed by atoms with Crippen LogP contribution in [0.3, 0.4) is 0 Å². The zero-order valence-electron chi connectivity index (χ0n) is 23.7. The van der Waals surface area contributed by atoms with Crippen molar-refractivity contribution >= 4 is 34.0 Å². The van der Waals surface area contributed by atoms with Crippen LogP contribution in [-0.4, -0.2) is 33.9 Å². The molecule has 0 unspecified atom stereocenters. The van der Waals surface area contributed by atoms with Crippen molar-refractivity contribution in [3.8, 4) is 11.5 Å². The molecule has 2 aromatic heterocycles. The molecule has 6 rings (SSSR count). The summed E-state index contributed by atoms with van der Waals surface area (Å²) in [5, 5.41) is 15.0. The van der Waals surface area contributed by atoms with Gasteiger partial charge in [-0.3, -0.25) is 0 Å². The number of oxime groups is 1. The Kier molecular flexibility index (Phi) is 8.69. The molecule has 0 spiro atoms. The fraction of sp³-hybridized carbons (Fsp3) is 0.111. The summed E-state index contributed by atoms with van der Waals surface area (Å²) in [6.45, 7) is 0.164. The van der Waals surface area contributed by atoms with Crippen LogP contribution in [0.25, 0.3) is 21.8 Å². The molecule has 0 saturated carbocycles. The lowest BCUT2D eigenvalue weighted by atomic mass is 9.92. The number of fused-ring (bicyclic) bond motifs is 2. The van der Waals surface area contributed by atoms with Crippen LogP contribution >= 0.6 is 0 Å². The SMILES string of the molecule is O=C(O)CO/N=C/C(c1ccc(OCc2ccc3ccccc3n2)cc1)c1ccc(OCc2ccc3ccccc3n2)cc1. The number of carbonyl (C=O) groups is 1. The molecule has 0 aliphatic heterocycles. The van der Waals surface area contributed by atoms with E-state index in [9.17, 15) is 4.79 Å². The van der Waals surface area contributed by atoms with Crippen molar-refractivity contribution in [1.82, 2.24) is 9.97 Å². The zero-order chi connectivity index (χ0) is 30.1. The third-order valence-electron chi connectivity index (χ3n) is 7.04. The quantitative estimate of drug-likeness (QED) is 0.120. The topological polar surface area (TPSA) is 103 Å². The molecule has 2 heterocycles. The maximum Gasteiger partial charge on any atom is 0.344 e. The molecule has 6 aromatic rings. The highest BCUT2D eigenvalue weighted by Crippen LogP contribution is 2.27. The molecule has 8 nitrogen and oxygen atoms in total. The summed E-state index contributed by atoms with van der Waals surface area (Å²) < 4.78 is 12.0. The van der Waals surface area contributed by atoms with E-state index in [1.165, 1.54) is 0 Å². The lowest BCUT2D eigenvalue weighted by molar-refractivity contribution is -0.142. The van der Waals surface area contributed by atoms with E-state index in [-0.39, 0.29) is 5.92 Å². The van der Waals surface area contributed by atoms with Gasteiger partial charge < -0.3 is 19.4 Å². The van der Waals surface area contributed by atoms with Gasteiger partial charge in [0.25, 0.3) is 0 Å². The largest absolute Gasteiger partial charge is 0.487 e. The molecule has 0 aliphatic rings. The van der Waals surface area contributed by atoms with Crippen LogP contribution in [0.1, 0.15) is 28.4 Å². The number of carboxylic acids is 1. The van der Waals surface area contributed by atoms with Crippen LogP contribution in [0, 0.1) is 0 Å². The predicted octanol–water partition coefficient (Wildman–Crippen LogP) is 7.16. The van der Waals surface area contributed by atoms with Crippen LogP contribution < -0.4 is 9.47 Å². The minimum atomic E-state index is -1.09. The molecule has 44 heavy (non-hydrogen) atoms. The van der Waals surface area contributed by atoms with Crippen molar-refractivity contribution in [1.29, 1.82) is 0 Å². The third-order valence-corrected chi connectivity index (χ3v) is 7.04. The van der Waals surface area contributed by atoms with Gasteiger partial charge >= 0.3 is 5.97 Å². The summed E-state index contributed by atoms with van der Waals surface area (Å²) in [4.78, 5) is 25.2. The number of hydrogen-bond donors (Lipinski definition) is 1. The smallest absolute Gasteiger partial charge is 0.344 e. The number of hydrogen-bond acceptors (Lipinski definition) is 7. The maximum absolute atomic E-state index is 10.9. The van der Waals surface area contributed by atoms with E-state index in [4.69, 9.17) is 19.4 Å². The lowest BCUT2D eigenvalue weighted by Gasteiger charge is -2.15. The minimum Gasteiger partial charge on any atom is -0.487 e. The van der Waals surface area contributed by atoms with Gasteiger partial charge in [0.05, 0.1) is 28.6 Å². The highest BCUT2D eigenvalue weighted by atomic mass is 16.6. The van der Waals surface area contributed by atoms with E-state index in [0.29, 0.717) is 24.7 Å². The van der Waals surface area contributed by atoms with Gasteiger partial charge in [0.15, 0.2) is 0 Å². The van der Waals surface area contributed by atoms with Gasteiger partial charge in [0, 0.05) is 16.7 Å². The molecule has 8 heteroatoms. The number of benzene rings is 4. The second-order valence-electron chi connectivity index (χ2n) is 10.1. The van der Waals surface area contributed by atoms with Crippen LogP contribution in [0.5, 0.6) is 11.5 Å². The number of pyridine rings is 2. The van der Waals surface area contributed by atoms with Crippen molar-refractivity contribution in [2.24, 2.45) is 5.16 Å². The molecule has 0 aliphatic carbocycles. The van der Waals surface area contributed by atoms with Gasteiger partial charge in [-0.25, -0.2) is 14.8 Å².